The van der Waals surface area contributed by atoms with Crippen LogP contribution in [0.4, 0.5) is 8.78 Å². The van der Waals surface area contributed by atoms with Crippen molar-refractivity contribution in [3.05, 3.63) is 0 Å². The number of carbonyl (C=O) groups is 1. The van der Waals surface area contributed by atoms with E-state index in [1.54, 1.807) is 0 Å². The van der Waals surface area contributed by atoms with Crippen LogP contribution >= 0.6 is 0 Å². The van der Waals surface area contributed by atoms with Gasteiger partial charge in [-0.05, 0) is 61.1 Å². The summed E-state index contributed by atoms with van der Waals surface area (Å²) in [6.45, 7) is 14.9. The highest BCUT2D eigenvalue weighted by Gasteiger charge is 2.60. The van der Waals surface area contributed by atoms with Crippen LogP contribution in [-0.2, 0) is 14.1 Å². The van der Waals surface area contributed by atoms with Crippen LogP contribution in [0.2, 0.25) is 18.1 Å². The molecule has 0 unspecified atom stereocenters. The second kappa shape index (κ2) is 8.19. The maximum atomic E-state index is 15.1. The van der Waals surface area contributed by atoms with E-state index in [-0.39, 0.29) is 28.4 Å². The van der Waals surface area contributed by atoms with Crippen molar-refractivity contribution in [3.63, 3.8) is 0 Å². The van der Waals surface area contributed by atoms with Gasteiger partial charge in [-0.1, -0.05) is 41.0 Å². The maximum absolute atomic E-state index is 15.1. The lowest BCUT2D eigenvalue weighted by Crippen LogP contribution is -2.52. The van der Waals surface area contributed by atoms with Crippen LogP contribution in [0.15, 0.2) is 0 Å². The smallest absolute Gasteiger partial charge is 0.329 e. The van der Waals surface area contributed by atoms with Crippen molar-refractivity contribution in [1.29, 1.82) is 0 Å². The maximum Gasteiger partial charge on any atom is 0.329 e. The van der Waals surface area contributed by atoms with Crippen LogP contribution in [0, 0.1) is 23.2 Å². The topological polar surface area (TPSA) is 38.8 Å². The predicted octanol–water partition coefficient (Wildman–Crippen LogP) is 5.88. The first kappa shape index (κ1) is 24.7. The zero-order valence-electron chi connectivity index (χ0n) is 19.8. The third kappa shape index (κ3) is 4.42. The van der Waals surface area contributed by atoms with Gasteiger partial charge in [-0.3, -0.25) is 9.63 Å². The minimum atomic E-state index is -3.44. The Bertz CT molecular complexity index is 607. The van der Waals surface area contributed by atoms with Gasteiger partial charge in [-0.15, -0.1) is 0 Å². The monoisotopic (exact) mass is 433 g/mol. The van der Waals surface area contributed by atoms with Gasteiger partial charge >= 0.3 is 11.8 Å². The van der Waals surface area contributed by atoms with Gasteiger partial charge in [0, 0.05) is 19.1 Å². The van der Waals surface area contributed by atoms with Crippen molar-refractivity contribution in [2.75, 3.05) is 14.2 Å². The number of fused-ring (bicyclic) bond motifs is 1. The average molecular weight is 434 g/mol. The highest BCUT2D eigenvalue weighted by molar-refractivity contribution is 6.74. The van der Waals surface area contributed by atoms with Gasteiger partial charge in [-0.2, -0.15) is 8.78 Å². The molecule has 0 aromatic heterocycles. The second-order valence-electron chi connectivity index (χ2n) is 11.0. The first-order valence-electron chi connectivity index (χ1n) is 11.0. The quantitative estimate of drug-likeness (QED) is 0.387. The Balaban J connectivity index is 2.24. The number of hydrogen-bond acceptors (Lipinski definition) is 3. The van der Waals surface area contributed by atoms with E-state index in [2.05, 4.69) is 40.8 Å². The number of hydroxylamine groups is 2. The van der Waals surface area contributed by atoms with Crippen LogP contribution in [0.5, 0.6) is 0 Å². The van der Waals surface area contributed by atoms with Crippen LogP contribution in [-0.4, -0.2) is 45.5 Å². The summed E-state index contributed by atoms with van der Waals surface area (Å²) in [6, 6.07) is 0. The molecule has 0 heterocycles. The molecule has 1 amide bonds. The molecule has 170 valence electrons. The SMILES string of the molecule is CON(C)C(=O)C(F)(F)[C@@H](C)[C@H]1CC[C@H]2[C@@H](O[Si](C)(C)C(C)(C)C)CCC[C@]12C. The van der Waals surface area contributed by atoms with Gasteiger partial charge in [0.05, 0.1) is 7.11 Å². The molecule has 2 aliphatic carbocycles. The Morgan fingerprint density at radius 2 is 1.79 bits per heavy atom. The molecule has 0 aromatic carbocycles. The van der Waals surface area contributed by atoms with Crippen LogP contribution < -0.4 is 0 Å². The van der Waals surface area contributed by atoms with E-state index in [1.165, 1.54) is 21.1 Å². The molecule has 2 rings (SSSR count). The van der Waals surface area contributed by atoms with Crippen molar-refractivity contribution < 1.29 is 22.8 Å². The third-order valence-corrected chi connectivity index (χ3v) is 12.9. The highest BCUT2D eigenvalue weighted by atomic mass is 28.4. The van der Waals surface area contributed by atoms with Crippen LogP contribution in [0.25, 0.3) is 0 Å². The summed E-state index contributed by atoms with van der Waals surface area (Å²) in [5.74, 6) is -5.66. The normalized spacial score (nSPS) is 32.0. The Hall–Kier alpha value is -0.533. The summed E-state index contributed by atoms with van der Waals surface area (Å²) >= 11 is 0. The summed E-state index contributed by atoms with van der Waals surface area (Å²) < 4.78 is 36.9. The van der Waals surface area contributed by atoms with Crippen LogP contribution in [0.1, 0.15) is 66.7 Å². The van der Waals surface area contributed by atoms with E-state index < -0.39 is 26.1 Å². The Morgan fingerprint density at radius 1 is 1.21 bits per heavy atom. The summed E-state index contributed by atoms with van der Waals surface area (Å²) in [7, 11) is 0.539. The molecule has 2 saturated carbocycles. The van der Waals surface area contributed by atoms with Crippen LogP contribution in [0.3, 0.4) is 0 Å². The Kier molecular flexibility index (Phi) is 6.99. The number of hydrogen-bond donors (Lipinski definition) is 0. The number of nitrogens with zero attached hydrogens (tertiary/aromatic N) is 1. The van der Waals surface area contributed by atoms with E-state index in [9.17, 15) is 4.79 Å². The predicted molar refractivity (Wildman–Crippen MR) is 114 cm³/mol. The van der Waals surface area contributed by atoms with Crippen molar-refractivity contribution in [2.45, 2.75) is 96.9 Å². The first-order valence-corrected chi connectivity index (χ1v) is 13.9. The molecule has 2 aliphatic rings. The molecule has 0 radical (unpaired) electrons. The largest absolute Gasteiger partial charge is 0.414 e. The zero-order valence-corrected chi connectivity index (χ0v) is 20.8. The van der Waals surface area contributed by atoms with Gasteiger partial charge < -0.3 is 4.43 Å². The Labute approximate surface area is 176 Å². The lowest BCUT2D eigenvalue weighted by molar-refractivity contribution is -0.206. The fraction of sp³-hybridized carbons (Fsp3) is 0.955. The molecule has 5 atom stereocenters. The van der Waals surface area contributed by atoms with Gasteiger partial charge in [0.2, 0.25) is 0 Å². The molecule has 0 N–H and O–H groups in total. The molecule has 29 heavy (non-hydrogen) atoms. The lowest BCUT2D eigenvalue weighted by atomic mass is 9.61. The van der Waals surface area contributed by atoms with Gasteiger partial charge in [0.25, 0.3) is 0 Å². The van der Waals surface area contributed by atoms with Crippen molar-refractivity contribution >= 4 is 14.2 Å². The number of rotatable bonds is 6. The van der Waals surface area contributed by atoms with Crippen molar-refractivity contribution in [1.82, 2.24) is 5.06 Å². The fourth-order valence-electron chi connectivity index (χ4n) is 5.42. The average Bonchev–Trinajstić information content (AvgIpc) is 2.96. The van der Waals surface area contributed by atoms with Gasteiger partial charge in [0.1, 0.15) is 0 Å². The molecule has 0 saturated heterocycles. The molecule has 2 fully saturated rings. The minimum Gasteiger partial charge on any atom is -0.414 e. The standard InChI is InChI=1S/C22H41F2NO3Si/c1-15(22(23,24)19(26)25(6)27-7)16-12-13-17-18(11-10-14-21(16,17)5)28-29(8,9)20(2,3)4/h15-18H,10-14H2,1-9H3/t15-,16+,17-,18-,21+/m0/s1. The first-order chi connectivity index (χ1) is 13.1. The lowest BCUT2D eigenvalue weighted by Gasteiger charge is -2.50. The number of alkyl halides is 2. The number of carbonyl (C=O) groups excluding carboxylic acids is 1. The summed E-state index contributed by atoms with van der Waals surface area (Å²) in [4.78, 5) is 17.0. The van der Waals surface area contributed by atoms with E-state index in [4.69, 9.17) is 9.26 Å². The summed E-state index contributed by atoms with van der Waals surface area (Å²) in [5, 5.41) is 0.770. The molecular formula is C22H41F2NO3Si. The van der Waals surface area contributed by atoms with E-state index >= 15 is 8.78 Å². The molecule has 7 heteroatoms. The van der Waals surface area contributed by atoms with Gasteiger partial charge in [0.15, 0.2) is 8.32 Å². The molecular weight excluding hydrogens is 392 g/mol. The third-order valence-electron chi connectivity index (χ3n) is 8.41. The fourth-order valence-corrected chi connectivity index (χ4v) is 6.81. The molecule has 0 bridgehead atoms. The number of halogens is 2. The summed E-state index contributed by atoms with van der Waals surface area (Å²) in [6.07, 6.45) is 4.68. The van der Waals surface area contributed by atoms with E-state index in [0.29, 0.717) is 5.06 Å². The minimum absolute atomic E-state index is 0.121. The zero-order chi connectivity index (χ0) is 22.4. The Morgan fingerprint density at radius 3 is 2.31 bits per heavy atom. The van der Waals surface area contributed by atoms with E-state index in [1.807, 2.05) is 0 Å². The summed E-state index contributed by atoms with van der Waals surface area (Å²) in [5.41, 5.74) is -0.222. The van der Waals surface area contributed by atoms with Crippen molar-refractivity contribution in [3.8, 4) is 0 Å². The van der Waals surface area contributed by atoms with E-state index in [0.717, 1.165) is 32.1 Å². The highest BCUT2D eigenvalue weighted by Crippen LogP contribution is 2.60. The molecule has 0 aromatic rings. The number of amides is 1. The van der Waals surface area contributed by atoms with Crippen molar-refractivity contribution in [2.24, 2.45) is 23.2 Å². The van der Waals surface area contributed by atoms with Gasteiger partial charge in [-0.25, -0.2) is 5.06 Å². The molecule has 4 nitrogen and oxygen atoms in total. The molecule has 0 spiro atoms. The second-order valence-corrected chi connectivity index (χ2v) is 15.8. The molecule has 0 aliphatic heterocycles.